The molecule has 18 heavy (non-hydrogen) atoms. The normalized spacial score (nSPS) is 14.7. The molecule has 0 aliphatic carbocycles. The molecule has 98 valence electrons. The molecule has 0 unspecified atom stereocenters. The lowest BCUT2D eigenvalue weighted by molar-refractivity contribution is -0.137. The average Bonchev–Trinajstić information content (AvgIpc) is 2.34. The summed E-state index contributed by atoms with van der Waals surface area (Å²) in [5.41, 5.74) is 7.67. The first-order chi connectivity index (χ1) is 8.40. The zero-order valence-corrected chi connectivity index (χ0v) is 9.04. The predicted molar refractivity (Wildman–Crippen MR) is 56.4 cm³/mol. The van der Waals surface area contributed by atoms with E-state index in [9.17, 15) is 18.3 Å². The summed E-state index contributed by atoms with van der Waals surface area (Å²) in [6.45, 7) is -0.662. The molecule has 2 N–H and O–H groups in total. The van der Waals surface area contributed by atoms with E-state index in [-0.39, 0.29) is 5.56 Å². The van der Waals surface area contributed by atoms with Crippen LogP contribution in [0.2, 0.25) is 0 Å². The smallest absolute Gasteiger partial charge is 0.394 e. The van der Waals surface area contributed by atoms with Gasteiger partial charge >= 0.3 is 6.18 Å². The van der Waals surface area contributed by atoms with Crippen molar-refractivity contribution < 1.29 is 23.4 Å². The largest absolute Gasteiger partial charge is 0.416 e. The van der Waals surface area contributed by atoms with Crippen LogP contribution in [0, 0.1) is 0 Å². The van der Waals surface area contributed by atoms with Gasteiger partial charge in [-0.15, -0.1) is 0 Å². The van der Waals surface area contributed by atoms with E-state index in [1.807, 2.05) is 0 Å². The van der Waals surface area contributed by atoms with E-state index in [1.165, 1.54) is 0 Å². The number of aliphatic hydroxyl groups is 2. The van der Waals surface area contributed by atoms with Crippen molar-refractivity contribution in [3.05, 3.63) is 45.8 Å². The summed E-state index contributed by atoms with van der Waals surface area (Å²) >= 11 is 0. The average molecular weight is 261 g/mol. The first-order valence-corrected chi connectivity index (χ1v) is 4.90. The second-order valence-electron chi connectivity index (χ2n) is 3.52. The molecule has 0 saturated heterocycles. The Morgan fingerprint density at radius 3 is 2.22 bits per heavy atom. The summed E-state index contributed by atoms with van der Waals surface area (Å²) in [7, 11) is 0. The lowest BCUT2D eigenvalue weighted by Gasteiger charge is -2.17. The van der Waals surface area contributed by atoms with Crippen LogP contribution in [0.4, 0.5) is 13.2 Å². The molecule has 0 bridgehead atoms. The van der Waals surface area contributed by atoms with Crippen molar-refractivity contribution in [3.63, 3.8) is 0 Å². The number of rotatable bonds is 4. The Balaban J connectivity index is 3.05. The highest BCUT2D eigenvalue weighted by Crippen LogP contribution is 2.31. The van der Waals surface area contributed by atoms with Crippen LogP contribution in [-0.4, -0.2) is 22.9 Å². The van der Waals surface area contributed by atoms with Crippen LogP contribution in [0.15, 0.2) is 29.4 Å². The molecule has 0 amide bonds. The Labute approximate surface area is 100 Å². The van der Waals surface area contributed by atoms with Crippen LogP contribution >= 0.6 is 0 Å². The molecule has 2 atom stereocenters. The SMILES string of the molecule is [N-]=[N+]=N[C@@H](c1ccc(C(F)(F)F)cc1)[C@@H](O)CO. The van der Waals surface area contributed by atoms with Gasteiger partial charge in [0, 0.05) is 4.91 Å². The molecule has 5 nitrogen and oxygen atoms in total. The molecule has 1 aromatic carbocycles. The first-order valence-electron chi connectivity index (χ1n) is 4.90. The Morgan fingerprint density at radius 2 is 1.83 bits per heavy atom. The molecule has 0 saturated carbocycles. The Bertz CT molecular complexity index is 441. The minimum Gasteiger partial charge on any atom is -0.394 e. The van der Waals surface area contributed by atoms with Gasteiger partial charge in [-0.1, -0.05) is 17.2 Å². The van der Waals surface area contributed by atoms with Crippen molar-refractivity contribution in [2.24, 2.45) is 5.11 Å². The van der Waals surface area contributed by atoms with Gasteiger partial charge in [0.2, 0.25) is 0 Å². The fourth-order valence-corrected chi connectivity index (χ4v) is 1.39. The van der Waals surface area contributed by atoms with Gasteiger partial charge in [0.25, 0.3) is 0 Å². The number of halogens is 3. The molecule has 0 aromatic heterocycles. The van der Waals surface area contributed by atoms with Gasteiger partial charge in [-0.3, -0.25) is 0 Å². The number of hydrogen-bond donors (Lipinski definition) is 2. The lowest BCUT2D eigenvalue weighted by Crippen LogP contribution is -2.20. The third-order valence-corrected chi connectivity index (χ3v) is 2.31. The van der Waals surface area contributed by atoms with Crippen LogP contribution in [0.5, 0.6) is 0 Å². The van der Waals surface area contributed by atoms with Crippen molar-refractivity contribution >= 4 is 0 Å². The summed E-state index contributed by atoms with van der Waals surface area (Å²) in [5.74, 6) is 0. The molecule has 1 aromatic rings. The predicted octanol–water partition coefficient (Wildman–Crippen LogP) is 2.41. The molecule has 0 spiro atoms. The number of hydrogen-bond acceptors (Lipinski definition) is 3. The van der Waals surface area contributed by atoms with Crippen molar-refractivity contribution in [2.45, 2.75) is 18.3 Å². The van der Waals surface area contributed by atoms with Crippen LogP contribution in [0.25, 0.3) is 10.4 Å². The highest BCUT2D eigenvalue weighted by Gasteiger charge is 2.30. The van der Waals surface area contributed by atoms with Crippen LogP contribution in [0.3, 0.4) is 0 Å². The van der Waals surface area contributed by atoms with Gasteiger partial charge in [-0.05, 0) is 23.2 Å². The van der Waals surface area contributed by atoms with E-state index in [4.69, 9.17) is 10.6 Å². The summed E-state index contributed by atoms with van der Waals surface area (Å²) in [6, 6.07) is 2.71. The summed E-state index contributed by atoms with van der Waals surface area (Å²) in [4.78, 5) is 2.48. The van der Waals surface area contributed by atoms with Crippen molar-refractivity contribution in [2.75, 3.05) is 6.61 Å². The Morgan fingerprint density at radius 1 is 1.28 bits per heavy atom. The van der Waals surface area contributed by atoms with E-state index in [1.54, 1.807) is 0 Å². The molecule has 0 aliphatic heterocycles. The highest BCUT2D eigenvalue weighted by molar-refractivity contribution is 5.27. The number of aliphatic hydroxyl groups excluding tert-OH is 2. The molecule has 0 radical (unpaired) electrons. The quantitative estimate of drug-likeness (QED) is 0.495. The Hall–Kier alpha value is -1.76. The van der Waals surface area contributed by atoms with Crippen molar-refractivity contribution in [1.29, 1.82) is 0 Å². The number of nitrogens with zero attached hydrogens (tertiary/aromatic N) is 3. The fraction of sp³-hybridized carbons (Fsp3) is 0.400. The summed E-state index contributed by atoms with van der Waals surface area (Å²) < 4.78 is 37.0. The van der Waals surface area contributed by atoms with Crippen molar-refractivity contribution in [1.82, 2.24) is 0 Å². The van der Waals surface area contributed by atoms with Gasteiger partial charge in [-0.25, -0.2) is 0 Å². The van der Waals surface area contributed by atoms with Gasteiger partial charge in [0.1, 0.15) is 0 Å². The molecule has 8 heteroatoms. The minimum atomic E-state index is -4.46. The molecule has 0 heterocycles. The van der Waals surface area contributed by atoms with Gasteiger partial charge in [-0.2, -0.15) is 13.2 Å². The van der Waals surface area contributed by atoms with E-state index in [0.717, 1.165) is 24.3 Å². The zero-order valence-electron chi connectivity index (χ0n) is 9.04. The maximum Gasteiger partial charge on any atom is 0.416 e. The standard InChI is InChI=1S/C10H10F3N3O2/c11-10(12,13)7-3-1-6(2-4-7)9(15-16-14)8(18)5-17/h1-4,8-9,17-18H,5H2/t8-,9-/m0/s1. The monoisotopic (exact) mass is 261 g/mol. The van der Waals surface area contributed by atoms with Crippen LogP contribution < -0.4 is 0 Å². The zero-order chi connectivity index (χ0) is 13.8. The summed E-state index contributed by atoms with van der Waals surface area (Å²) in [5, 5.41) is 21.4. The van der Waals surface area contributed by atoms with Gasteiger partial charge < -0.3 is 10.2 Å². The number of azide groups is 1. The summed E-state index contributed by atoms with van der Waals surface area (Å²) in [6.07, 6.45) is -5.82. The van der Waals surface area contributed by atoms with E-state index < -0.39 is 30.5 Å². The van der Waals surface area contributed by atoms with E-state index >= 15 is 0 Å². The molecule has 0 aliphatic rings. The maximum atomic E-state index is 12.3. The highest BCUT2D eigenvalue weighted by atomic mass is 19.4. The first kappa shape index (κ1) is 14.3. The number of alkyl halides is 3. The van der Waals surface area contributed by atoms with Gasteiger partial charge in [0.05, 0.1) is 24.3 Å². The minimum absolute atomic E-state index is 0.197. The van der Waals surface area contributed by atoms with Gasteiger partial charge in [0.15, 0.2) is 0 Å². The van der Waals surface area contributed by atoms with Crippen molar-refractivity contribution in [3.8, 4) is 0 Å². The third-order valence-electron chi connectivity index (χ3n) is 2.31. The molecule has 0 fully saturated rings. The third kappa shape index (κ3) is 3.36. The number of benzene rings is 1. The molecular weight excluding hydrogens is 251 g/mol. The molecular formula is C10H10F3N3O2. The van der Waals surface area contributed by atoms with Crippen LogP contribution in [0.1, 0.15) is 17.2 Å². The second kappa shape index (κ2) is 5.72. The topological polar surface area (TPSA) is 89.2 Å². The Kier molecular flexibility index (Phi) is 4.55. The maximum absolute atomic E-state index is 12.3. The van der Waals surface area contributed by atoms with Crippen LogP contribution in [-0.2, 0) is 6.18 Å². The van der Waals surface area contributed by atoms with E-state index in [0.29, 0.717) is 0 Å². The second-order valence-corrected chi connectivity index (χ2v) is 3.52. The fourth-order valence-electron chi connectivity index (χ4n) is 1.39. The lowest BCUT2D eigenvalue weighted by atomic mass is 10.0. The molecule has 1 rings (SSSR count). The van der Waals surface area contributed by atoms with E-state index in [2.05, 4.69) is 10.0 Å².